The highest BCUT2D eigenvalue weighted by atomic mass is 16.5. The van der Waals surface area contributed by atoms with Crippen molar-refractivity contribution in [1.82, 2.24) is 5.32 Å². The first kappa shape index (κ1) is 9.44. The van der Waals surface area contributed by atoms with Crippen LogP contribution in [-0.4, -0.2) is 36.5 Å². The van der Waals surface area contributed by atoms with Crippen molar-refractivity contribution in [2.75, 3.05) is 19.8 Å². The topological polar surface area (TPSA) is 41.5 Å². The molecule has 2 N–H and O–H groups in total. The molecule has 0 aromatic rings. The zero-order chi connectivity index (χ0) is 9.15. The molecular weight excluding hydrogens is 166 g/mol. The van der Waals surface area contributed by atoms with Crippen molar-refractivity contribution in [1.29, 1.82) is 0 Å². The molecular formula is C10H19NO2. The van der Waals surface area contributed by atoms with E-state index in [1.165, 1.54) is 32.1 Å². The minimum Gasteiger partial charge on any atom is -0.394 e. The molecule has 0 aromatic heterocycles. The van der Waals surface area contributed by atoms with E-state index in [-0.39, 0.29) is 18.2 Å². The molecule has 1 saturated carbocycles. The molecule has 1 atom stereocenters. The molecule has 3 heteroatoms. The maximum absolute atomic E-state index is 8.91. The maximum atomic E-state index is 8.91. The number of morpholine rings is 1. The third-order valence-electron chi connectivity index (χ3n) is 3.31. The molecule has 2 rings (SSSR count). The van der Waals surface area contributed by atoms with Crippen LogP contribution in [0.1, 0.15) is 32.1 Å². The zero-order valence-electron chi connectivity index (χ0n) is 8.09. The standard InChI is InChI=1S/C10H19NO2/c12-7-9-6-11-10(8-13-9)4-2-1-3-5-10/h9,11-12H,1-8H2. The third-order valence-corrected chi connectivity index (χ3v) is 3.31. The van der Waals surface area contributed by atoms with Crippen LogP contribution >= 0.6 is 0 Å². The Kier molecular flexibility index (Phi) is 2.86. The van der Waals surface area contributed by atoms with Gasteiger partial charge in [-0.05, 0) is 12.8 Å². The van der Waals surface area contributed by atoms with E-state index in [0.29, 0.717) is 0 Å². The molecule has 0 aromatic carbocycles. The Labute approximate surface area is 79.5 Å². The molecule has 1 spiro atoms. The SMILES string of the molecule is OCC1CNC2(CCCCC2)CO1. The van der Waals surface area contributed by atoms with Crippen LogP contribution in [0.4, 0.5) is 0 Å². The number of aliphatic hydroxyl groups excluding tert-OH is 1. The van der Waals surface area contributed by atoms with Crippen molar-refractivity contribution < 1.29 is 9.84 Å². The van der Waals surface area contributed by atoms with Gasteiger partial charge in [0.1, 0.15) is 0 Å². The van der Waals surface area contributed by atoms with Crippen molar-refractivity contribution in [2.24, 2.45) is 0 Å². The molecule has 1 aliphatic carbocycles. The van der Waals surface area contributed by atoms with Gasteiger partial charge in [0.05, 0.1) is 19.3 Å². The third kappa shape index (κ3) is 2.03. The summed E-state index contributed by atoms with van der Waals surface area (Å²) in [6.45, 7) is 1.75. The van der Waals surface area contributed by atoms with Gasteiger partial charge in [0, 0.05) is 12.1 Å². The summed E-state index contributed by atoms with van der Waals surface area (Å²) in [7, 11) is 0. The number of nitrogens with one attached hydrogen (secondary N) is 1. The van der Waals surface area contributed by atoms with Gasteiger partial charge in [-0.2, -0.15) is 0 Å². The Hall–Kier alpha value is -0.120. The Bertz CT molecular complexity index is 156. The fourth-order valence-corrected chi connectivity index (χ4v) is 2.38. The van der Waals surface area contributed by atoms with Gasteiger partial charge in [-0.15, -0.1) is 0 Å². The van der Waals surface area contributed by atoms with E-state index >= 15 is 0 Å². The number of ether oxygens (including phenoxy) is 1. The lowest BCUT2D eigenvalue weighted by molar-refractivity contribution is -0.0649. The second-order valence-electron chi connectivity index (χ2n) is 4.34. The van der Waals surface area contributed by atoms with Crippen LogP contribution < -0.4 is 5.32 Å². The van der Waals surface area contributed by atoms with Gasteiger partial charge in [-0.1, -0.05) is 19.3 Å². The van der Waals surface area contributed by atoms with E-state index in [9.17, 15) is 0 Å². The average Bonchev–Trinajstić information content (AvgIpc) is 2.20. The summed E-state index contributed by atoms with van der Waals surface area (Å²) in [6, 6.07) is 0. The molecule has 2 aliphatic rings. The van der Waals surface area contributed by atoms with E-state index in [1.54, 1.807) is 0 Å². The zero-order valence-corrected chi connectivity index (χ0v) is 8.09. The van der Waals surface area contributed by atoms with Crippen molar-refractivity contribution in [2.45, 2.75) is 43.7 Å². The number of aliphatic hydroxyl groups is 1. The Balaban J connectivity index is 1.87. The molecule has 76 valence electrons. The minimum absolute atomic E-state index is 0.0209. The van der Waals surface area contributed by atoms with Gasteiger partial charge in [-0.3, -0.25) is 0 Å². The average molecular weight is 185 g/mol. The van der Waals surface area contributed by atoms with E-state index in [4.69, 9.17) is 9.84 Å². The first-order valence-electron chi connectivity index (χ1n) is 5.32. The molecule has 0 radical (unpaired) electrons. The Morgan fingerprint density at radius 2 is 2.08 bits per heavy atom. The second kappa shape index (κ2) is 3.95. The summed E-state index contributed by atoms with van der Waals surface area (Å²) in [6.07, 6.45) is 6.51. The molecule has 0 amide bonds. The smallest absolute Gasteiger partial charge is 0.0930 e. The van der Waals surface area contributed by atoms with Crippen LogP contribution in [0, 0.1) is 0 Å². The predicted octanol–water partition coefficient (Wildman–Crippen LogP) is 0.670. The van der Waals surface area contributed by atoms with Crippen LogP contribution in [0.15, 0.2) is 0 Å². The summed E-state index contributed by atoms with van der Waals surface area (Å²) >= 11 is 0. The molecule has 3 nitrogen and oxygen atoms in total. The molecule has 1 aliphatic heterocycles. The number of hydrogen-bond acceptors (Lipinski definition) is 3. The predicted molar refractivity (Wildman–Crippen MR) is 50.6 cm³/mol. The van der Waals surface area contributed by atoms with E-state index in [2.05, 4.69) is 5.32 Å². The minimum atomic E-state index is 0.0209. The molecule has 2 fully saturated rings. The number of hydrogen-bond donors (Lipinski definition) is 2. The van der Waals surface area contributed by atoms with Crippen LogP contribution in [0.3, 0.4) is 0 Å². The van der Waals surface area contributed by atoms with Gasteiger partial charge in [0.15, 0.2) is 0 Å². The first-order valence-corrected chi connectivity index (χ1v) is 5.32. The van der Waals surface area contributed by atoms with Crippen molar-refractivity contribution in [3.05, 3.63) is 0 Å². The van der Waals surface area contributed by atoms with E-state index in [1.807, 2.05) is 0 Å². The Morgan fingerprint density at radius 1 is 1.31 bits per heavy atom. The van der Waals surface area contributed by atoms with E-state index < -0.39 is 0 Å². The summed E-state index contributed by atoms with van der Waals surface area (Å²) in [5.74, 6) is 0. The highest BCUT2D eigenvalue weighted by Gasteiger charge is 2.36. The summed E-state index contributed by atoms with van der Waals surface area (Å²) in [5.41, 5.74) is 0.254. The molecule has 0 bridgehead atoms. The second-order valence-corrected chi connectivity index (χ2v) is 4.34. The Morgan fingerprint density at radius 3 is 2.62 bits per heavy atom. The van der Waals surface area contributed by atoms with Crippen LogP contribution in [-0.2, 0) is 4.74 Å². The van der Waals surface area contributed by atoms with Gasteiger partial charge in [0.25, 0.3) is 0 Å². The molecule has 1 unspecified atom stereocenters. The van der Waals surface area contributed by atoms with Crippen molar-refractivity contribution in [3.8, 4) is 0 Å². The van der Waals surface area contributed by atoms with Crippen LogP contribution in [0.25, 0.3) is 0 Å². The largest absolute Gasteiger partial charge is 0.394 e. The normalized spacial score (nSPS) is 33.5. The summed E-state index contributed by atoms with van der Waals surface area (Å²) in [4.78, 5) is 0. The summed E-state index contributed by atoms with van der Waals surface area (Å²) < 4.78 is 5.61. The van der Waals surface area contributed by atoms with Gasteiger partial charge in [0.2, 0.25) is 0 Å². The fraction of sp³-hybridized carbons (Fsp3) is 1.00. The monoisotopic (exact) mass is 185 g/mol. The maximum Gasteiger partial charge on any atom is 0.0930 e. The molecule has 13 heavy (non-hydrogen) atoms. The van der Waals surface area contributed by atoms with Crippen molar-refractivity contribution in [3.63, 3.8) is 0 Å². The lowest BCUT2D eigenvalue weighted by atomic mass is 9.81. The first-order chi connectivity index (χ1) is 6.35. The van der Waals surface area contributed by atoms with Crippen LogP contribution in [0.5, 0.6) is 0 Å². The van der Waals surface area contributed by atoms with Gasteiger partial charge < -0.3 is 15.2 Å². The van der Waals surface area contributed by atoms with Crippen LogP contribution in [0.2, 0.25) is 0 Å². The van der Waals surface area contributed by atoms with Gasteiger partial charge in [-0.25, -0.2) is 0 Å². The van der Waals surface area contributed by atoms with Crippen molar-refractivity contribution >= 4 is 0 Å². The lowest BCUT2D eigenvalue weighted by Gasteiger charge is -2.43. The van der Waals surface area contributed by atoms with Gasteiger partial charge >= 0.3 is 0 Å². The summed E-state index contributed by atoms with van der Waals surface area (Å²) in [5, 5.41) is 12.5. The quantitative estimate of drug-likeness (QED) is 0.631. The lowest BCUT2D eigenvalue weighted by Crippen LogP contribution is -2.58. The highest BCUT2D eigenvalue weighted by molar-refractivity contribution is 4.94. The van der Waals surface area contributed by atoms with E-state index in [0.717, 1.165) is 13.2 Å². The fourth-order valence-electron chi connectivity index (χ4n) is 2.38. The molecule has 1 saturated heterocycles. The molecule has 1 heterocycles. The highest BCUT2D eigenvalue weighted by Crippen LogP contribution is 2.30. The number of rotatable bonds is 1.